The monoisotopic (exact) mass is 212 g/mol. The first-order valence-electron chi connectivity index (χ1n) is 5.84. The maximum Gasteiger partial charge on any atom is 0.240 e. The van der Waals surface area contributed by atoms with Gasteiger partial charge in [0.15, 0.2) is 0 Å². The molecule has 0 bridgehead atoms. The zero-order valence-corrected chi connectivity index (χ0v) is 9.53. The number of morpholine rings is 1. The Labute approximate surface area is 91.0 Å². The van der Waals surface area contributed by atoms with Gasteiger partial charge in [0.25, 0.3) is 0 Å². The molecule has 86 valence electrons. The first-order valence-corrected chi connectivity index (χ1v) is 5.84. The number of hydrogen-bond donors (Lipinski definition) is 1. The third kappa shape index (κ3) is 2.32. The number of amides is 1. The summed E-state index contributed by atoms with van der Waals surface area (Å²) in [6.07, 6.45) is 2.27. The van der Waals surface area contributed by atoms with Gasteiger partial charge in [-0.1, -0.05) is 0 Å². The van der Waals surface area contributed by atoms with Crippen molar-refractivity contribution in [2.24, 2.45) is 0 Å². The first-order chi connectivity index (χ1) is 7.18. The van der Waals surface area contributed by atoms with E-state index in [2.05, 4.69) is 12.2 Å². The van der Waals surface area contributed by atoms with E-state index in [4.69, 9.17) is 4.74 Å². The summed E-state index contributed by atoms with van der Waals surface area (Å²) in [6.45, 7) is 6.45. The summed E-state index contributed by atoms with van der Waals surface area (Å²) in [4.78, 5) is 14.1. The van der Waals surface area contributed by atoms with Crippen LogP contribution in [0.5, 0.6) is 0 Å². The molecule has 0 spiro atoms. The van der Waals surface area contributed by atoms with Crippen molar-refractivity contribution in [1.82, 2.24) is 10.2 Å². The van der Waals surface area contributed by atoms with Gasteiger partial charge < -0.3 is 15.0 Å². The van der Waals surface area contributed by atoms with Crippen LogP contribution in [0.1, 0.15) is 26.7 Å². The van der Waals surface area contributed by atoms with E-state index in [-0.39, 0.29) is 24.1 Å². The summed E-state index contributed by atoms with van der Waals surface area (Å²) in [6, 6.07) is 0.272. The van der Waals surface area contributed by atoms with Crippen LogP contribution in [-0.4, -0.2) is 48.7 Å². The smallest absolute Gasteiger partial charge is 0.240 e. The van der Waals surface area contributed by atoms with E-state index < -0.39 is 0 Å². The number of carbonyl (C=O) groups excluding carboxylic acids is 1. The summed E-state index contributed by atoms with van der Waals surface area (Å²) in [5.74, 6) is 0.259. The van der Waals surface area contributed by atoms with Crippen LogP contribution < -0.4 is 5.32 Å². The lowest BCUT2D eigenvalue weighted by Crippen LogP contribution is -2.54. The first kappa shape index (κ1) is 10.9. The molecule has 0 aliphatic carbocycles. The zero-order chi connectivity index (χ0) is 10.8. The molecule has 0 aromatic carbocycles. The largest absolute Gasteiger partial charge is 0.375 e. The third-order valence-electron chi connectivity index (χ3n) is 3.25. The van der Waals surface area contributed by atoms with Gasteiger partial charge in [-0.3, -0.25) is 4.79 Å². The second kappa shape index (κ2) is 4.49. The highest BCUT2D eigenvalue weighted by Crippen LogP contribution is 2.16. The Kier molecular flexibility index (Phi) is 3.26. The second-order valence-corrected chi connectivity index (χ2v) is 4.63. The van der Waals surface area contributed by atoms with Crippen molar-refractivity contribution in [3.8, 4) is 0 Å². The van der Waals surface area contributed by atoms with Gasteiger partial charge in [-0.25, -0.2) is 0 Å². The fourth-order valence-electron chi connectivity index (χ4n) is 2.31. The summed E-state index contributed by atoms with van der Waals surface area (Å²) >= 11 is 0. The SMILES string of the molecule is CC1CN(C(=O)[C@H]2CCCN2)C(C)CO1. The molecule has 2 rings (SSSR count). The average Bonchev–Trinajstić information content (AvgIpc) is 2.74. The van der Waals surface area contributed by atoms with Crippen molar-refractivity contribution in [3.63, 3.8) is 0 Å². The fraction of sp³-hybridized carbons (Fsp3) is 0.909. The molecule has 4 nitrogen and oxygen atoms in total. The van der Waals surface area contributed by atoms with Crippen LogP contribution in [0.25, 0.3) is 0 Å². The molecule has 2 saturated heterocycles. The number of carbonyl (C=O) groups is 1. The van der Waals surface area contributed by atoms with Gasteiger partial charge in [0, 0.05) is 6.54 Å². The molecule has 2 aliphatic rings. The molecule has 0 aromatic heterocycles. The molecular weight excluding hydrogens is 192 g/mol. The molecular formula is C11H20N2O2. The molecule has 2 unspecified atom stereocenters. The Bertz CT molecular complexity index is 239. The minimum absolute atomic E-state index is 0.0535. The number of nitrogens with one attached hydrogen (secondary N) is 1. The van der Waals surface area contributed by atoms with Gasteiger partial charge in [0.2, 0.25) is 5.91 Å². The van der Waals surface area contributed by atoms with Gasteiger partial charge >= 0.3 is 0 Å². The van der Waals surface area contributed by atoms with E-state index in [9.17, 15) is 4.79 Å². The van der Waals surface area contributed by atoms with Crippen LogP contribution >= 0.6 is 0 Å². The van der Waals surface area contributed by atoms with E-state index in [1.807, 2.05) is 11.8 Å². The van der Waals surface area contributed by atoms with Crippen molar-refractivity contribution in [3.05, 3.63) is 0 Å². The van der Waals surface area contributed by atoms with E-state index in [1.165, 1.54) is 0 Å². The lowest BCUT2D eigenvalue weighted by molar-refractivity contribution is -0.145. The molecule has 4 heteroatoms. The minimum Gasteiger partial charge on any atom is -0.375 e. The van der Waals surface area contributed by atoms with E-state index in [0.29, 0.717) is 6.61 Å². The molecule has 0 aromatic rings. The Morgan fingerprint density at radius 1 is 1.47 bits per heavy atom. The highest BCUT2D eigenvalue weighted by Gasteiger charge is 2.33. The van der Waals surface area contributed by atoms with E-state index in [1.54, 1.807) is 0 Å². The Morgan fingerprint density at radius 3 is 2.93 bits per heavy atom. The quantitative estimate of drug-likeness (QED) is 0.683. The number of hydrogen-bond acceptors (Lipinski definition) is 3. The van der Waals surface area contributed by atoms with Crippen LogP contribution in [-0.2, 0) is 9.53 Å². The summed E-state index contributed by atoms with van der Waals surface area (Å²) in [7, 11) is 0. The van der Waals surface area contributed by atoms with Gasteiger partial charge in [-0.05, 0) is 33.2 Å². The number of ether oxygens (including phenoxy) is 1. The zero-order valence-electron chi connectivity index (χ0n) is 9.53. The van der Waals surface area contributed by atoms with Crippen LogP contribution in [0.4, 0.5) is 0 Å². The maximum absolute atomic E-state index is 12.2. The molecule has 2 fully saturated rings. The Morgan fingerprint density at radius 2 is 2.27 bits per heavy atom. The molecule has 1 amide bonds. The topological polar surface area (TPSA) is 41.6 Å². The molecule has 1 N–H and O–H groups in total. The summed E-state index contributed by atoms with van der Waals surface area (Å²) < 4.78 is 5.52. The standard InChI is InChI=1S/C11H20N2O2/c1-8-7-15-9(2)6-13(8)11(14)10-4-3-5-12-10/h8-10,12H,3-7H2,1-2H3/t8?,9?,10-/m1/s1. The third-order valence-corrected chi connectivity index (χ3v) is 3.25. The predicted molar refractivity (Wildman–Crippen MR) is 57.6 cm³/mol. The fourth-order valence-corrected chi connectivity index (χ4v) is 2.31. The molecule has 15 heavy (non-hydrogen) atoms. The lowest BCUT2D eigenvalue weighted by atomic mass is 10.1. The van der Waals surface area contributed by atoms with Crippen molar-refractivity contribution < 1.29 is 9.53 Å². The Balaban J connectivity index is 1.97. The summed E-state index contributed by atoms with van der Waals surface area (Å²) in [5.41, 5.74) is 0. The van der Waals surface area contributed by atoms with Crippen LogP contribution in [0.15, 0.2) is 0 Å². The normalized spacial score (nSPS) is 36.9. The van der Waals surface area contributed by atoms with E-state index in [0.717, 1.165) is 25.9 Å². The number of rotatable bonds is 1. The average molecular weight is 212 g/mol. The van der Waals surface area contributed by atoms with Crippen molar-refractivity contribution >= 4 is 5.91 Å². The van der Waals surface area contributed by atoms with E-state index >= 15 is 0 Å². The van der Waals surface area contributed by atoms with Crippen molar-refractivity contribution in [2.45, 2.75) is 44.9 Å². The summed E-state index contributed by atoms with van der Waals surface area (Å²) in [5, 5.41) is 3.26. The molecule has 2 aliphatic heterocycles. The minimum atomic E-state index is 0.0535. The maximum atomic E-state index is 12.2. The van der Waals surface area contributed by atoms with Gasteiger partial charge in [0.1, 0.15) is 0 Å². The van der Waals surface area contributed by atoms with Crippen LogP contribution in [0, 0.1) is 0 Å². The second-order valence-electron chi connectivity index (χ2n) is 4.63. The molecule has 0 radical (unpaired) electrons. The van der Waals surface area contributed by atoms with Crippen LogP contribution in [0.2, 0.25) is 0 Å². The molecule has 0 saturated carbocycles. The van der Waals surface area contributed by atoms with Gasteiger partial charge in [-0.15, -0.1) is 0 Å². The number of nitrogens with zero attached hydrogens (tertiary/aromatic N) is 1. The highest BCUT2D eigenvalue weighted by molar-refractivity contribution is 5.82. The van der Waals surface area contributed by atoms with Gasteiger partial charge in [0.05, 0.1) is 24.8 Å². The Hall–Kier alpha value is -0.610. The molecule has 2 heterocycles. The van der Waals surface area contributed by atoms with Gasteiger partial charge in [-0.2, -0.15) is 0 Å². The molecule has 3 atom stereocenters. The van der Waals surface area contributed by atoms with Crippen molar-refractivity contribution in [1.29, 1.82) is 0 Å². The van der Waals surface area contributed by atoms with Crippen LogP contribution in [0.3, 0.4) is 0 Å². The van der Waals surface area contributed by atoms with Crippen molar-refractivity contribution in [2.75, 3.05) is 19.7 Å². The predicted octanol–water partition coefficient (Wildman–Crippen LogP) is 0.374. The highest BCUT2D eigenvalue weighted by atomic mass is 16.5. The lowest BCUT2D eigenvalue weighted by Gasteiger charge is -2.38.